The van der Waals surface area contributed by atoms with Gasteiger partial charge in [-0.3, -0.25) is 0 Å². The van der Waals surface area contributed by atoms with Crippen LogP contribution in [0.1, 0.15) is 58.8 Å². The minimum atomic E-state index is 0.0308. The highest BCUT2D eigenvalue weighted by Gasteiger charge is 2.12. The Balaban J connectivity index is 2.11. The van der Waals surface area contributed by atoms with Gasteiger partial charge in [0.25, 0.3) is 0 Å². The summed E-state index contributed by atoms with van der Waals surface area (Å²) in [7, 11) is 0. The fourth-order valence-corrected chi connectivity index (χ4v) is 2.62. The first-order valence-corrected chi connectivity index (χ1v) is 9.35. The Morgan fingerprint density at radius 1 is 1.20 bits per heavy atom. The van der Waals surface area contributed by atoms with Crippen molar-refractivity contribution in [3.63, 3.8) is 0 Å². The average Bonchev–Trinajstić information content (AvgIpc) is 2.46. The lowest BCUT2D eigenvalue weighted by molar-refractivity contribution is -0.155. The number of alkyl halides is 1. The van der Waals surface area contributed by atoms with Gasteiger partial charge < -0.3 is 9.47 Å². The second kappa shape index (κ2) is 11.8. The van der Waals surface area contributed by atoms with Gasteiger partial charge in [-0.2, -0.15) is 0 Å². The largest absolute Gasteiger partial charge is 0.353 e. The Kier molecular flexibility index (Phi) is 10.7. The molecule has 2 nitrogen and oxygen atoms in total. The van der Waals surface area contributed by atoms with Crippen molar-refractivity contribution in [1.29, 1.82) is 0 Å². The van der Waals surface area contributed by atoms with Gasteiger partial charge in [-0.1, -0.05) is 45.9 Å². The van der Waals surface area contributed by atoms with Crippen LogP contribution < -0.4 is 0 Å². The monoisotopic (exact) mass is 392 g/mol. The van der Waals surface area contributed by atoms with Crippen LogP contribution in [0.25, 0.3) is 0 Å². The van der Waals surface area contributed by atoms with E-state index >= 15 is 0 Å². The minimum Gasteiger partial charge on any atom is -0.353 e. The third-order valence-electron chi connectivity index (χ3n) is 3.59. The summed E-state index contributed by atoms with van der Waals surface area (Å²) in [4.78, 5) is 0. The summed E-state index contributed by atoms with van der Waals surface area (Å²) in [5, 5.41) is 0. The van der Waals surface area contributed by atoms with E-state index in [-0.39, 0.29) is 6.29 Å². The van der Waals surface area contributed by atoms with Gasteiger partial charge in [0.2, 0.25) is 0 Å². The van der Waals surface area contributed by atoms with Crippen LogP contribution >= 0.6 is 22.6 Å². The molecular weight excluding hydrogens is 363 g/mol. The first kappa shape index (κ1) is 18.2. The topological polar surface area (TPSA) is 18.5 Å². The van der Waals surface area contributed by atoms with Crippen LogP contribution in [0.15, 0.2) is 23.3 Å². The van der Waals surface area contributed by atoms with Gasteiger partial charge in [0.15, 0.2) is 6.29 Å². The summed E-state index contributed by atoms with van der Waals surface area (Å²) < 4.78 is 12.5. The van der Waals surface area contributed by atoms with Gasteiger partial charge in [-0.15, -0.1) is 0 Å². The maximum absolute atomic E-state index is 5.72. The molecular formula is C17H29IO2. The Morgan fingerprint density at radius 2 is 2.00 bits per heavy atom. The predicted octanol–water partition coefficient (Wildman–Crippen LogP) is 5.42. The van der Waals surface area contributed by atoms with Crippen LogP contribution in [-0.2, 0) is 9.47 Å². The quantitative estimate of drug-likeness (QED) is 0.296. The SMILES string of the molecule is C/C(=C\COC1CCCCO1)CC/C=C(\C)CCCI. The van der Waals surface area contributed by atoms with Gasteiger partial charge in [-0.25, -0.2) is 0 Å². The van der Waals surface area contributed by atoms with Crippen molar-refractivity contribution in [1.82, 2.24) is 0 Å². The van der Waals surface area contributed by atoms with Gasteiger partial charge in [-0.05, 0) is 63.2 Å². The molecule has 1 fully saturated rings. The van der Waals surface area contributed by atoms with Gasteiger partial charge >= 0.3 is 0 Å². The Bertz CT molecular complexity index is 304. The van der Waals surface area contributed by atoms with Crippen molar-refractivity contribution >= 4 is 22.6 Å². The zero-order chi connectivity index (χ0) is 14.6. The third kappa shape index (κ3) is 9.14. The van der Waals surface area contributed by atoms with E-state index in [1.54, 1.807) is 0 Å². The number of allylic oxidation sites excluding steroid dienone is 3. The van der Waals surface area contributed by atoms with Crippen molar-refractivity contribution in [2.75, 3.05) is 17.6 Å². The van der Waals surface area contributed by atoms with Crippen LogP contribution in [0.5, 0.6) is 0 Å². The van der Waals surface area contributed by atoms with E-state index in [2.05, 4.69) is 48.6 Å². The van der Waals surface area contributed by atoms with Crippen LogP contribution in [0.4, 0.5) is 0 Å². The average molecular weight is 392 g/mol. The second-order valence-corrected chi connectivity index (χ2v) is 6.64. The van der Waals surface area contributed by atoms with Gasteiger partial charge in [0.05, 0.1) is 6.61 Å². The highest BCUT2D eigenvalue weighted by molar-refractivity contribution is 14.1. The molecule has 0 amide bonds. The summed E-state index contributed by atoms with van der Waals surface area (Å²) >= 11 is 2.44. The molecule has 0 saturated carbocycles. The molecule has 1 saturated heterocycles. The highest BCUT2D eigenvalue weighted by atomic mass is 127. The number of halogens is 1. The molecule has 20 heavy (non-hydrogen) atoms. The van der Waals surface area contributed by atoms with Crippen LogP contribution in [0.2, 0.25) is 0 Å². The van der Waals surface area contributed by atoms with Crippen molar-refractivity contribution < 1.29 is 9.47 Å². The van der Waals surface area contributed by atoms with E-state index in [9.17, 15) is 0 Å². The lowest BCUT2D eigenvalue weighted by Gasteiger charge is -2.22. The number of ether oxygens (including phenoxy) is 2. The maximum Gasteiger partial charge on any atom is 0.157 e. The Morgan fingerprint density at radius 3 is 2.70 bits per heavy atom. The predicted molar refractivity (Wildman–Crippen MR) is 94.4 cm³/mol. The maximum atomic E-state index is 5.72. The normalized spacial score (nSPS) is 21.2. The summed E-state index contributed by atoms with van der Waals surface area (Å²) in [6.45, 7) is 5.98. The van der Waals surface area contributed by atoms with E-state index in [0.717, 1.165) is 25.9 Å². The molecule has 1 rings (SSSR count). The summed E-state index contributed by atoms with van der Waals surface area (Å²) in [5.41, 5.74) is 2.94. The molecule has 0 aliphatic carbocycles. The Hall–Kier alpha value is 0.130. The first-order chi connectivity index (χ1) is 9.72. The molecule has 0 N–H and O–H groups in total. The molecule has 0 aromatic carbocycles. The highest BCUT2D eigenvalue weighted by Crippen LogP contribution is 2.14. The van der Waals surface area contributed by atoms with Crippen molar-refractivity contribution in [3.05, 3.63) is 23.3 Å². The van der Waals surface area contributed by atoms with Crippen molar-refractivity contribution in [3.8, 4) is 0 Å². The number of hydrogen-bond acceptors (Lipinski definition) is 2. The van der Waals surface area contributed by atoms with E-state index < -0.39 is 0 Å². The molecule has 0 bridgehead atoms. The molecule has 1 unspecified atom stereocenters. The van der Waals surface area contributed by atoms with Crippen LogP contribution in [0.3, 0.4) is 0 Å². The van der Waals surface area contributed by atoms with Crippen molar-refractivity contribution in [2.45, 2.75) is 65.1 Å². The van der Waals surface area contributed by atoms with Gasteiger partial charge in [0, 0.05) is 6.61 Å². The molecule has 0 aromatic heterocycles. The molecule has 116 valence electrons. The molecule has 0 aromatic rings. The fourth-order valence-electron chi connectivity index (χ4n) is 2.24. The van der Waals surface area contributed by atoms with E-state index in [1.165, 1.54) is 41.3 Å². The third-order valence-corrected chi connectivity index (χ3v) is 4.35. The lowest BCUT2D eigenvalue weighted by Crippen LogP contribution is -2.22. The Labute approximate surface area is 138 Å². The molecule has 0 spiro atoms. The summed E-state index contributed by atoms with van der Waals surface area (Å²) in [6, 6.07) is 0. The van der Waals surface area contributed by atoms with Gasteiger partial charge in [0.1, 0.15) is 0 Å². The lowest BCUT2D eigenvalue weighted by atomic mass is 10.1. The molecule has 1 aliphatic rings. The minimum absolute atomic E-state index is 0.0308. The molecule has 1 heterocycles. The smallest absolute Gasteiger partial charge is 0.157 e. The molecule has 1 aliphatic heterocycles. The van der Waals surface area contributed by atoms with E-state index in [4.69, 9.17) is 9.47 Å². The molecule has 0 radical (unpaired) electrons. The number of rotatable bonds is 9. The summed E-state index contributed by atoms with van der Waals surface area (Å²) in [5.74, 6) is 0. The zero-order valence-electron chi connectivity index (χ0n) is 13.0. The van der Waals surface area contributed by atoms with E-state index in [1.807, 2.05) is 0 Å². The molecule has 1 atom stereocenters. The molecule has 3 heteroatoms. The van der Waals surface area contributed by atoms with Crippen LogP contribution in [-0.4, -0.2) is 23.9 Å². The zero-order valence-corrected chi connectivity index (χ0v) is 15.2. The standard InChI is InChI=1S/C17H29IO2/c1-15(9-6-12-18)7-5-8-16(2)11-14-20-17-10-3-4-13-19-17/h7,11,17H,3-6,8-10,12-14H2,1-2H3/b15-7+,16-11+. The summed E-state index contributed by atoms with van der Waals surface area (Å²) in [6.07, 6.45) is 12.9. The van der Waals surface area contributed by atoms with Crippen molar-refractivity contribution in [2.24, 2.45) is 0 Å². The second-order valence-electron chi connectivity index (χ2n) is 5.56. The van der Waals surface area contributed by atoms with E-state index in [0.29, 0.717) is 6.61 Å². The fraction of sp³-hybridized carbons (Fsp3) is 0.765. The number of hydrogen-bond donors (Lipinski definition) is 0. The van der Waals surface area contributed by atoms with Crippen LogP contribution in [0, 0.1) is 0 Å². The first-order valence-electron chi connectivity index (χ1n) is 7.83.